The van der Waals surface area contributed by atoms with Crippen LogP contribution in [0.1, 0.15) is 25.6 Å². The molecule has 31 heavy (non-hydrogen) atoms. The third-order valence-electron chi connectivity index (χ3n) is 4.58. The first-order chi connectivity index (χ1) is 14.5. The Morgan fingerprint density at radius 2 is 1.74 bits per heavy atom. The molecular formula is C21H20ClN3O4S2. The van der Waals surface area contributed by atoms with E-state index in [1.807, 2.05) is 37.3 Å². The van der Waals surface area contributed by atoms with Crippen LogP contribution in [0.15, 0.2) is 53.4 Å². The van der Waals surface area contributed by atoms with E-state index in [2.05, 4.69) is 5.32 Å². The number of nitrogens with zero attached hydrogens (tertiary/aromatic N) is 1. The van der Waals surface area contributed by atoms with Gasteiger partial charge in [-0.3, -0.25) is 9.59 Å². The average molecular weight is 478 g/mol. The molecule has 0 radical (unpaired) electrons. The van der Waals surface area contributed by atoms with Gasteiger partial charge < -0.3 is 11.1 Å². The predicted octanol–water partition coefficient (Wildman–Crippen LogP) is 3.98. The average Bonchev–Trinajstić information content (AvgIpc) is 3.04. The quantitative estimate of drug-likeness (QED) is 0.559. The van der Waals surface area contributed by atoms with E-state index in [1.165, 1.54) is 43.6 Å². The van der Waals surface area contributed by atoms with Crippen molar-refractivity contribution in [1.29, 1.82) is 0 Å². The summed E-state index contributed by atoms with van der Waals surface area (Å²) in [4.78, 5) is 25.9. The number of primary amides is 1. The number of hydrogen-bond acceptors (Lipinski definition) is 5. The Balaban J connectivity index is 2.05. The van der Waals surface area contributed by atoms with E-state index in [0.29, 0.717) is 5.56 Å². The van der Waals surface area contributed by atoms with Gasteiger partial charge in [0.15, 0.2) is 0 Å². The highest BCUT2D eigenvalue weighted by Gasteiger charge is 2.25. The summed E-state index contributed by atoms with van der Waals surface area (Å²) < 4.78 is 25.9. The molecule has 162 valence electrons. The van der Waals surface area contributed by atoms with Crippen LogP contribution in [0, 0.1) is 6.92 Å². The number of carbonyl (C=O) groups excluding carboxylic acids is 2. The summed E-state index contributed by atoms with van der Waals surface area (Å²) in [5, 5.41) is 3.02. The summed E-state index contributed by atoms with van der Waals surface area (Å²) in [6.45, 7) is 1.83. The first kappa shape index (κ1) is 23.0. The van der Waals surface area contributed by atoms with Gasteiger partial charge in [-0.1, -0.05) is 41.9 Å². The predicted molar refractivity (Wildman–Crippen MR) is 123 cm³/mol. The molecule has 3 N–H and O–H groups in total. The summed E-state index contributed by atoms with van der Waals surface area (Å²) >= 11 is 7.37. The van der Waals surface area contributed by atoms with Crippen LogP contribution in [0.4, 0.5) is 5.00 Å². The minimum Gasteiger partial charge on any atom is -0.365 e. The van der Waals surface area contributed by atoms with Crippen LogP contribution < -0.4 is 11.1 Å². The maximum atomic E-state index is 13.0. The van der Waals surface area contributed by atoms with E-state index in [4.69, 9.17) is 17.3 Å². The monoisotopic (exact) mass is 477 g/mol. The zero-order valence-corrected chi connectivity index (χ0v) is 19.4. The Labute approximate surface area is 189 Å². The second-order valence-electron chi connectivity index (χ2n) is 6.85. The van der Waals surface area contributed by atoms with Crippen LogP contribution >= 0.6 is 22.9 Å². The van der Waals surface area contributed by atoms with Gasteiger partial charge in [0.05, 0.1) is 21.0 Å². The summed E-state index contributed by atoms with van der Waals surface area (Å²) in [5.74, 6) is -1.34. The fourth-order valence-corrected chi connectivity index (χ4v) is 5.25. The maximum absolute atomic E-state index is 13.0. The zero-order valence-electron chi connectivity index (χ0n) is 17.0. The first-order valence-corrected chi connectivity index (χ1v) is 11.7. The number of halogens is 1. The molecule has 0 spiro atoms. The number of carbonyl (C=O) groups is 2. The summed E-state index contributed by atoms with van der Waals surface area (Å²) in [6, 6.07) is 13.1. The Hall–Kier alpha value is -2.72. The Kier molecular flexibility index (Phi) is 6.51. The fourth-order valence-electron chi connectivity index (χ4n) is 3.04. The highest BCUT2D eigenvalue weighted by molar-refractivity contribution is 7.89. The number of anilines is 1. The lowest BCUT2D eigenvalue weighted by molar-refractivity contribution is 0.100. The second kappa shape index (κ2) is 8.80. The van der Waals surface area contributed by atoms with E-state index < -0.39 is 21.8 Å². The highest BCUT2D eigenvalue weighted by Crippen LogP contribution is 2.40. The molecule has 1 aromatic heterocycles. The molecule has 2 amide bonds. The lowest BCUT2D eigenvalue weighted by Crippen LogP contribution is -2.23. The fraction of sp³-hybridized carbons (Fsp3) is 0.143. The number of rotatable bonds is 6. The van der Waals surface area contributed by atoms with Gasteiger partial charge in [0.25, 0.3) is 11.8 Å². The molecule has 3 rings (SSSR count). The van der Waals surface area contributed by atoms with Crippen LogP contribution in [0.25, 0.3) is 11.1 Å². The molecule has 0 saturated heterocycles. The Morgan fingerprint density at radius 1 is 1.10 bits per heavy atom. The van der Waals surface area contributed by atoms with Gasteiger partial charge in [0, 0.05) is 24.5 Å². The molecule has 10 heteroatoms. The van der Waals surface area contributed by atoms with Gasteiger partial charge >= 0.3 is 0 Å². The molecule has 0 bridgehead atoms. The maximum Gasteiger partial charge on any atom is 0.257 e. The van der Waals surface area contributed by atoms with E-state index in [0.717, 1.165) is 14.7 Å². The number of benzene rings is 2. The van der Waals surface area contributed by atoms with Crippen molar-refractivity contribution in [2.45, 2.75) is 11.8 Å². The molecule has 1 heterocycles. The lowest BCUT2D eigenvalue weighted by Gasteiger charge is -2.13. The van der Waals surface area contributed by atoms with Crippen LogP contribution in [0.3, 0.4) is 0 Å². The second-order valence-corrected chi connectivity index (χ2v) is 10.6. The summed E-state index contributed by atoms with van der Waals surface area (Å²) in [5.41, 5.74) is 7.22. The molecule has 7 nitrogen and oxygen atoms in total. The molecule has 0 unspecified atom stereocenters. The lowest BCUT2D eigenvalue weighted by atomic mass is 10.0. The van der Waals surface area contributed by atoms with Crippen molar-refractivity contribution in [2.75, 3.05) is 19.4 Å². The van der Waals surface area contributed by atoms with Crippen molar-refractivity contribution in [3.05, 3.63) is 69.6 Å². The third-order valence-corrected chi connectivity index (χ3v) is 7.74. The summed E-state index contributed by atoms with van der Waals surface area (Å²) in [6.07, 6.45) is 0. The molecular weight excluding hydrogens is 458 g/mol. The highest BCUT2D eigenvalue weighted by atomic mass is 35.5. The molecule has 0 aliphatic carbocycles. The number of amides is 2. The minimum absolute atomic E-state index is 0.0349. The number of nitrogens with two attached hydrogens (primary N) is 1. The largest absolute Gasteiger partial charge is 0.365 e. The van der Waals surface area contributed by atoms with Gasteiger partial charge in [-0.25, -0.2) is 12.7 Å². The molecule has 0 saturated carbocycles. The molecule has 0 atom stereocenters. The van der Waals surface area contributed by atoms with Gasteiger partial charge in [-0.05, 0) is 30.7 Å². The van der Waals surface area contributed by atoms with E-state index in [9.17, 15) is 18.0 Å². The SMILES string of the molecule is Cc1sc(NC(=O)c2cc(S(=O)(=O)N(C)C)ccc2Cl)c(C(N)=O)c1-c1ccccc1. The topological polar surface area (TPSA) is 110 Å². The number of hydrogen-bond donors (Lipinski definition) is 2. The minimum atomic E-state index is -3.76. The number of thiophene rings is 1. The standard InChI is InChI=1S/C21H20ClN3O4S2/c1-12-17(13-7-5-4-6-8-13)18(19(23)26)21(30-12)24-20(27)15-11-14(9-10-16(15)22)31(28,29)25(2)3/h4-11H,1-3H3,(H2,23,26)(H,24,27). The smallest absolute Gasteiger partial charge is 0.257 e. The molecule has 0 aliphatic heterocycles. The van der Waals surface area contributed by atoms with Crippen LogP contribution in [-0.4, -0.2) is 38.6 Å². The van der Waals surface area contributed by atoms with E-state index >= 15 is 0 Å². The van der Waals surface area contributed by atoms with Crippen molar-refractivity contribution >= 4 is 49.8 Å². The van der Waals surface area contributed by atoms with E-state index in [1.54, 1.807) is 0 Å². The van der Waals surface area contributed by atoms with Gasteiger partial charge in [0.2, 0.25) is 10.0 Å². The third kappa shape index (κ3) is 4.49. The zero-order chi connectivity index (χ0) is 22.9. The first-order valence-electron chi connectivity index (χ1n) is 9.06. The summed E-state index contributed by atoms with van der Waals surface area (Å²) in [7, 11) is -0.977. The molecule has 3 aromatic rings. The van der Waals surface area contributed by atoms with Crippen molar-refractivity contribution in [3.63, 3.8) is 0 Å². The van der Waals surface area contributed by atoms with Crippen molar-refractivity contribution in [2.24, 2.45) is 5.73 Å². The van der Waals surface area contributed by atoms with Gasteiger partial charge in [0.1, 0.15) is 5.00 Å². The normalized spacial score (nSPS) is 11.5. The molecule has 0 fully saturated rings. The number of sulfonamides is 1. The van der Waals surface area contributed by atoms with Crippen molar-refractivity contribution in [3.8, 4) is 11.1 Å². The van der Waals surface area contributed by atoms with Crippen LogP contribution in [0.2, 0.25) is 5.02 Å². The number of nitrogens with one attached hydrogen (secondary N) is 1. The van der Waals surface area contributed by atoms with Gasteiger partial charge in [-0.2, -0.15) is 0 Å². The Bertz CT molecular complexity index is 1270. The van der Waals surface area contributed by atoms with Gasteiger partial charge in [-0.15, -0.1) is 11.3 Å². The van der Waals surface area contributed by atoms with Crippen molar-refractivity contribution in [1.82, 2.24) is 4.31 Å². The Morgan fingerprint density at radius 3 is 2.32 bits per heavy atom. The van der Waals surface area contributed by atoms with Crippen molar-refractivity contribution < 1.29 is 18.0 Å². The van der Waals surface area contributed by atoms with Crippen LogP contribution in [-0.2, 0) is 10.0 Å². The molecule has 2 aromatic carbocycles. The molecule has 0 aliphatic rings. The van der Waals surface area contributed by atoms with Crippen LogP contribution in [0.5, 0.6) is 0 Å². The number of aryl methyl sites for hydroxylation is 1. The van der Waals surface area contributed by atoms with E-state index in [-0.39, 0.29) is 26.0 Å².